The largest absolute Gasteiger partial charge is 0.459 e. The van der Waals surface area contributed by atoms with Crippen molar-refractivity contribution in [3.63, 3.8) is 0 Å². The summed E-state index contributed by atoms with van der Waals surface area (Å²) in [6.07, 6.45) is 22.0. The molecule has 0 saturated heterocycles. The Labute approximate surface area is 389 Å². The zero-order valence-electron chi connectivity index (χ0n) is 40.2. The van der Waals surface area contributed by atoms with Crippen molar-refractivity contribution in [1.82, 2.24) is 10.2 Å². The Morgan fingerprint density at radius 1 is 0.923 bits per heavy atom. The second kappa shape index (κ2) is 26.7. The first-order chi connectivity index (χ1) is 31.5. The highest BCUT2D eigenvalue weighted by Crippen LogP contribution is 2.62. The first kappa shape index (κ1) is 52.5. The van der Waals surface area contributed by atoms with Gasteiger partial charge in [0.2, 0.25) is 11.7 Å². The smallest absolute Gasteiger partial charge is 0.412 e. The topological polar surface area (TPSA) is 169 Å². The molecule has 1 aromatic carbocycles. The molecular formula is C52H83N3O10. The fourth-order valence-corrected chi connectivity index (χ4v) is 10.2. The molecule has 6 atom stereocenters. The van der Waals surface area contributed by atoms with Gasteiger partial charge in [-0.05, 0) is 101 Å². The van der Waals surface area contributed by atoms with E-state index in [1.54, 1.807) is 12.1 Å². The van der Waals surface area contributed by atoms with Crippen LogP contribution < -0.4 is 14.8 Å². The Bertz CT molecular complexity index is 1690. The summed E-state index contributed by atoms with van der Waals surface area (Å²) < 4.78 is 26.2. The molecule has 2 fully saturated rings. The van der Waals surface area contributed by atoms with E-state index in [1.165, 1.54) is 44.9 Å². The van der Waals surface area contributed by atoms with Gasteiger partial charge in [-0.25, -0.2) is 4.79 Å². The van der Waals surface area contributed by atoms with Gasteiger partial charge in [0.1, 0.15) is 23.1 Å². The normalized spacial score (nSPS) is 24.1. The highest BCUT2D eigenvalue weighted by atomic mass is 16.7. The number of carbonyl (C=O) groups is 2. The van der Waals surface area contributed by atoms with E-state index in [9.17, 15) is 24.9 Å². The number of nitrogens with zero attached hydrogens (tertiary/aromatic N) is 2. The van der Waals surface area contributed by atoms with E-state index in [4.69, 9.17) is 28.9 Å². The van der Waals surface area contributed by atoms with Gasteiger partial charge in [0.25, 0.3) is 0 Å². The van der Waals surface area contributed by atoms with Crippen LogP contribution >= 0.6 is 0 Å². The van der Waals surface area contributed by atoms with Crippen molar-refractivity contribution in [3.8, 4) is 11.5 Å². The molecule has 0 aromatic heterocycles. The molecule has 5 rings (SSSR count). The van der Waals surface area contributed by atoms with Crippen molar-refractivity contribution in [2.24, 2.45) is 28.8 Å². The number of rotatable bonds is 31. The minimum Gasteiger partial charge on any atom is -0.459 e. The van der Waals surface area contributed by atoms with Gasteiger partial charge < -0.3 is 49.3 Å². The minimum absolute atomic E-state index is 0.00314. The van der Waals surface area contributed by atoms with E-state index in [2.05, 4.69) is 24.9 Å². The predicted octanol–water partition coefficient (Wildman–Crippen LogP) is 9.38. The van der Waals surface area contributed by atoms with Crippen LogP contribution in [0.2, 0.25) is 0 Å². The lowest BCUT2D eigenvalue weighted by molar-refractivity contribution is -0.258. The number of ether oxygens (including phenoxy) is 4. The maximum atomic E-state index is 14.6. The number of carbonyl (C=O) groups excluding carboxylic acids is 2. The molecule has 4 N–H and O–H groups in total. The molecule has 6 unspecified atom stereocenters. The zero-order chi connectivity index (χ0) is 46.7. The van der Waals surface area contributed by atoms with E-state index in [0.29, 0.717) is 30.9 Å². The summed E-state index contributed by atoms with van der Waals surface area (Å²) in [5, 5.41) is 37.3. The number of fused-ring (bicyclic) bond motifs is 2. The fourth-order valence-electron chi connectivity index (χ4n) is 10.2. The molecule has 2 saturated carbocycles. The van der Waals surface area contributed by atoms with Gasteiger partial charge in [-0.3, -0.25) is 4.79 Å². The summed E-state index contributed by atoms with van der Waals surface area (Å²) in [5.41, 5.74) is 1.93. The number of unbranched alkanes of at least 4 members (excludes halogenated alkanes) is 11. The summed E-state index contributed by atoms with van der Waals surface area (Å²) in [5.74, 6) is -1.20. The average molecular weight is 910 g/mol. The number of oxime groups is 1. The number of aliphatic hydroxyl groups excluding tert-OH is 3. The highest BCUT2D eigenvalue weighted by Gasteiger charge is 2.66. The SMILES string of the molecule is C=CCOC12Oc3ccc(OC(=O)NCCCCCCCCCCCC)cc3C3C(CCCCO)C(CCCCO)C=C(C(=NOC(C)(C)C)CC1N(CCOCCO)C(=O)C1CC1)C32. The Hall–Kier alpha value is -3.49. The van der Waals surface area contributed by atoms with Crippen LogP contribution in [-0.4, -0.2) is 108 Å². The van der Waals surface area contributed by atoms with Crippen molar-refractivity contribution in [2.75, 3.05) is 52.7 Å². The number of benzene rings is 1. The molecule has 4 aliphatic rings. The van der Waals surface area contributed by atoms with Gasteiger partial charge >= 0.3 is 6.09 Å². The van der Waals surface area contributed by atoms with E-state index >= 15 is 0 Å². The van der Waals surface area contributed by atoms with Crippen LogP contribution in [0.25, 0.3) is 0 Å². The van der Waals surface area contributed by atoms with Gasteiger partial charge in [0.15, 0.2) is 0 Å². The molecule has 1 heterocycles. The third kappa shape index (κ3) is 15.0. The van der Waals surface area contributed by atoms with Crippen molar-refractivity contribution >= 4 is 17.7 Å². The van der Waals surface area contributed by atoms with Crippen LogP contribution in [0.5, 0.6) is 11.5 Å². The van der Waals surface area contributed by atoms with Crippen LogP contribution in [0.4, 0.5) is 4.79 Å². The highest BCUT2D eigenvalue weighted by molar-refractivity contribution is 6.03. The van der Waals surface area contributed by atoms with Crippen molar-refractivity contribution < 1.29 is 48.7 Å². The molecule has 3 aliphatic carbocycles. The van der Waals surface area contributed by atoms with Gasteiger partial charge in [-0.2, -0.15) is 0 Å². The first-order valence-electron chi connectivity index (χ1n) is 25.2. The van der Waals surface area contributed by atoms with E-state index in [1.807, 2.05) is 37.8 Å². The van der Waals surface area contributed by atoms with Crippen LogP contribution in [0.3, 0.4) is 0 Å². The lowest BCUT2D eigenvalue weighted by Crippen LogP contribution is -2.70. The molecule has 13 nitrogen and oxygen atoms in total. The lowest BCUT2D eigenvalue weighted by Gasteiger charge is -2.60. The lowest BCUT2D eigenvalue weighted by atomic mass is 9.55. The molecule has 366 valence electrons. The van der Waals surface area contributed by atoms with Crippen LogP contribution in [-0.2, 0) is 19.1 Å². The molecule has 2 amide bonds. The number of nitrogens with one attached hydrogen (secondary N) is 1. The second-order valence-corrected chi connectivity index (χ2v) is 19.6. The monoisotopic (exact) mass is 910 g/mol. The average Bonchev–Trinajstić information content (AvgIpc) is 4.14. The van der Waals surface area contributed by atoms with Gasteiger partial charge in [0, 0.05) is 50.1 Å². The van der Waals surface area contributed by atoms with E-state index in [0.717, 1.165) is 74.6 Å². The number of hydrogen-bond acceptors (Lipinski definition) is 11. The predicted molar refractivity (Wildman–Crippen MR) is 254 cm³/mol. The first-order valence-corrected chi connectivity index (χ1v) is 25.2. The quantitative estimate of drug-likeness (QED) is 0.0320. The van der Waals surface area contributed by atoms with Crippen molar-refractivity contribution in [3.05, 3.63) is 48.1 Å². The third-order valence-corrected chi connectivity index (χ3v) is 13.4. The maximum Gasteiger partial charge on any atom is 0.412 e. The molecule has 0 spiro atoms. The standard InChI is InChI=1S/C52H83N3O10/c1-6-8-9-10-11-12-13-14-15-18-27-53-50(60)63-40-25-26-45-43(36-40)47-41(22-17-20-30-57)39(21-16-19-29-56)35-42-44(54-65-51(3,4)5)37-46(52(64-45,48(42)47)62-32-7-2)55(28-33-61-34-31-58)49(59)38-23-24-38/h7,25-26,35-36,38-39,41,46-48,56-58H,2,6,8-24,27-34,37H2,1,3-5H3,(H,53,60). The minimum atomic E-state index is -1.40. The van der Waals surface area contributed by atoms with Crippen LogP contribution in [0.15, 0.2) is 47.7 Å². The Morgan fingerprint density at radius 2 is 1.62 bits per heavy atom. The summed E-state index contributed by atoms with van der Waals surface area (Å²) in [6.45, 7) is 13.5. The summed E-state index contributed by atoms with van der Waals surface area (Å²) in [4.78, 5) is 36.0. The Kier molecular flexibility index (Phi) is 21.6. The van der Waals surface area contributed by atoms with Gasteiger partial charge in [-0.1, -0.05) is 94.9 Å². The molecule has 0 bridgehead atoms. The van der Waals surface area contributed by atoms with Crippen molar-refractivity contribution in [1.29, 1.82) is 0 Å². The summed E-state index contributed by atoms with van der Waals surface area (Å²) in [6, 6.07) is 4.90. The van der Waals surface area contributed by atoms with E-state index in [-0.39, 0.29) is 82.2 Å². The van der Waals surface area contributed by atoms with Crippen molar-refractivity contribution in [2.45, 2.75) is 173 Å². The molecule has 13 heteroatoms. The molecule has 0 radical (unpaired) electrons. The molecule has 1 aliphatic heterocycles. The van der Waals surface area contributed by atoms with Gasteiger partial charge in [0.05, 0.1) is 38.1 Å². The van der Waals surface area contributed by atoms with Gasteiger partial charge in [-0.15, -0.1) is 6.58 Å². The molecule has 1 aromatic rings. The van der Waals surface area contributed by atoms with Crippen LogP contribution in [0.1, 0.15) is 161 Å². The number of aliphatic hydroxyl groups is 3. The molecule has 65 heavy (non-hydrogen) atoms. The van der Waals surface area contributed by atoms with E-state index < -0.39 is 29.4 Å². The molecular weight excluding hydrogens is 827 g/mol. The second-order valence-electron chi connectivity index (χ2n) is 19.6. The maximum absolute atomic E-state index is 14.6. The summed E-state index contributed by atoms with van der Waals surface area (Å²) in [7, 11) is 0. The number of amides is 2. The Balaban J connectivity index is 1.55. The number of hydrogen-bond donors (Lipinski definition) is 4. The Morgan fingerprint density at radius 3 is 2.26 bits per heavy atom. The fraction of sp³-hybridized carbons (Fsp3) is 0.750. The zero-order valence-corrected chi connectivity index (χ0v) is 40.2. The third-order valence-electron chi connectivity index (χ3n) is 13.4. The summed E-state index contributed by atoms with van der Waals surface area (Å²) >= 11 is 0. The number of allylic oxidation sites excluding steroid dienone is 1. The van der Waals surface area contributed by atoms with Crippen LogP contribution in [0, 0.1) is 23.7 Å².